The van der Waals surface area contributed by atoms with Crippen LogP contribution in [0.2, 0.25) is 0 Å². The fourth-order valence-corrected chi connectivity index (χ4v) is 3.56. The van der Waals surface area contributed by atoms with Crippen molar-refractivity contribution in [3.63, 3.8) is 0 Å². The Labute approximate surface area is 196 Å². The number of alkyl halides is 3. The first kappa shape index (κ1) is 23.5. The van der Waals surface area contributed by atoms with Crippen molar-refractivity contribution in [2.45, 2.75) is 44.8 Å². The van der Waals surface area contributed by atoms with E-state index in [1.807, 2.05) is 10.9 Å². The Hall–Kier alpha value is -3.68. The maximum Gasteiger partial charge on any atom is 0.416 e. The molecule has 0 amide bonds. The summed E-state index contributed by atoms with van der Waals surface area (Å²) < 4.78 is 45.3. The highest BCUT2D eigenvalue weighted by atomic mass is 19.4. The van der Waals surface area contributed by atoms with Crippen LogP contribution in [0.1, 0.15) is 46.7 Å². The average molecular weight is 467 g/mol. The molecule has 0 saturated heterocycles. The summed E-state index contributed by atoms with van der Waals surface area (Å²) in [6.45, 7) is 0.886. The number of aromatic nitrogens is 4. The lowest BCUT2D eigenvalue weighted by atomic mass is 10.0. The van der Waals surface area contributed by atoms with Crippen LogP contribution in [0.15, 0.2) is 71.6 Å². The molecule has 0 bridgehead atoms. The van der Waals surface area contributed by atoms with Crippen LogP contribution in [0, 0.1) is 0 Å². The third-order valence-corrected chi connectivity index (χ3v) is 5.49. The van der Waals surface area contributed by atoms with Crippen molar-refractivity contribution in [3.05, 3.63) is 101 Å². The molecule has 2 aromatic carbocycles. The van der Waals surface area contributed by atoms with Gasteiger partial charge in [0.15, 0.2) is 0 Å². The molecule has 0 atom stereocenters. The van der Waals surface area contributed by atoms with Gasteiger partial charge < -0.3 is 4.42 Å². The second kappa shape index (κ2) is 11.0. The van der Waals surface area contributed by atoms with Crippen molar-refractivity contribution in [1.29, 1.82) is 0 Å². The highest BCUT2D eigenvalue weighted by Gasteiger charge is 2.29. The van der Waals surface area contributed by atoms with E-state index in [1.54, 1.807) is 24.6 Å². The summed E-state index contributed by atoms with van der Waals surface area (Å²) in [6.07, 6.45) is 8.98. The summed E-state index contributed by atoms with van der Waals surface area (Å²) in [6, 6.07) is 13.6. The predicted octanol–water partition coefficient (Wildman–Crippen LogP) is 6.26. The molecule has 176 valence electrons. The summed E-state index contributed by atoms with van der Waals surface area (Å²) in [5, 5.41) is 7.78. The Morgan fingerprint density at radius 1 is 0.853 bits per heavy atom. The van der Waals surface area contributed by atoms with Gasteiger partial charge in [0.2, 0.25) is 5.89 Å². The molecule has 5 nitrogen and oxygen atoms in total. The van der Waals surface area contributed by atoms with Crippen LogP contribution in [0.3, 0.4) is 0 Å². The van der Waals surface area contributed by atoms with E-state index in [0.717, 1.165) is 56.5 Å². The molecule has 4 rings (SSSR count). The summed E-state index contributed by atoms with van der Waals surface area (Å²) in [5.41, 5.74) is 3.37. The summed E-state index contributed by atoms with van der Waals surface area (Å²) in [4.78, 5) is 4.44. The van der Waals surface area contributed by atoms with E-state index in [-0.39, 0.29) is 0 Å². The molecule has 0 spiro atoms. The Morgan fingerprint density at radius 3 is 2.26 bits per heavy atom. The lowest BCUT2D eigenvalue weighted by Crippen LogP contribution is -2.03. The van der Waals surface area contributed by atoms with Crippen molar-refractivity contribution < 1.29 is 17.6 Å². The van der Waals surface area contributed by atoms with Gasteiger partial charge in [-0.05, 0) is 67.0 Å². The SMILES string of the molecule is FC(F)(F)c1ccc(/C=C/c2nc(CCc3ccc(CCCCn4ccnn4)cc3)co2)cc1. The van der Waals surface area contributed by atoms with E-state index in [1.165, 1.54) is 23.3 Å². The van der Waals surface area contributed by atoms with Gasteiger partial charge in [-0.1, -0.05) is 41.6 Å². The lowest BCUT2D eigenvalue weighted by Gasteiger charge is -2.05. The Morgan fingerprint density at radius 2 is 1.59 bits per heavy atom. The van der Waals surface area contributed by atoms with Crippen LogP contribution >= 0.6 is 0 Å². The first-order valence-electron chi connectivity index (χ1n) is 11.2. The number of benzene rings is 2. The highest BCUT2D eigenvalue weighted by molar-refractivity contribution is 5.66. The van der Waals surface area contributed by atoms with Gasteiger partial charge in [-0.25, -0.2) is 4.98 Å². The molecule has 0 aliphatic heterocycles. The van der Waals surface area contributed by atoms with Crippen molar-refractivity contribution in [2.24, 2.45) is 0 Å². The summed E-state index contributed by atoms with van der Waals surface area (Å²) in [5.74, 6) is 0.427. The zero-order chi connectivity index (χ0) is 23.8. The third-order valence-electron chi connectivity index (χ3n) is 5.49. The topological polar surface area (TPSA) is 56.7 Å². The van der Waals surface area contributed by atoms with Crippen molar-refractivity contribution in [1.82, 2.24) is 20.0 Å². The molecule has 0 radical (unpaired) electrons. The minimum absolute atomic E-state index is 0.427. The quantitative estimate of drug-likeness (QED) is 0.259. The second-order valence-electron chi connectivity index (χ2n) is 8.07. The monoisotopic (exact) mass is 466 g/mol. The number of nitrogens with zero attached hydrogens (tertiary/aromatic N) is 4. The van der Waals surface area contributed by atoms with Gasteiger partial charge in [-0.3, -0.25) is 4.68 Å². The van der Waals surface area contributed by atoms with Gasteiger partial charge in [0.25, 0.3) is 0 Å². The van der Waals surface area contributed by atoms with Crippen LogP contribution in [-0.2, 0) is 32.0 Å². The zero-order valence-electron chi connectivity index (χ0n) is 18.6. The van der Waals surface area contributed by atoms with Crippen LogP contribution in [0.5, 0.6) is 0 Å². The van der Waals surface area contributed by atoms with Gasteiger partial charge >= 0.3 is 6.18 Å². The molecule has 0 N–H and O–H groups in total. The number of oxazole rings is 1. The molecule has 0 aliphatic carbocycles. The van der Waals surface area contributed by atoms with Crippen LogP contribution in [-0.4, -0.2) is 20.0 Å². The molecule has 34 heavy (non-hydrogen) atoms. The fourth-order valence-electron chi connectivity index (χ4n) is 3.56. The smallest absolute Gasteiger partial charge is 0.416 e. The maximum absolute atomic E-state index is 12.6. The van der Waals surface area contributed by atoms with E-state index < -0.39 is 11.7 Å². The number of rotatable bonds is 10. The second-order valence-corrected chi connectivity index (χ2v) is 8.07. The minimum atomic E-state index is -4.33. The first-order chi connectivity index (χ1) is 16.5. The lowest BCUT2D eigenvalue weighted by molar-refractivity contribution is -0.137. The van der Waals surface area contributed by atoms with E-state index >= 15 is 0 Å². The molecule has 0 unspecified atom stereocenters. The van der Waals surface area contributed by atoms with Crippen LogP contribution < -0.4 is 0 Å². The van der Waals surface area contributed by atoms with Crippen LogP contribution in [0.4, 0.5) is 13.2 Å². The molecule has 2 heterocycles. The molecular formula is C26H25F3N4O. The van der Waals surface area contributed by atoms with Crippen LogP contribution in [0.25, 0.3) is 12.2 Å². The highest BCUT2D eigenvalue weighted by Crippen LogP contribution is 2.29. The van der Waals surface area contributed by atoms with E-state index in [4.69, 9.17) is 4.42 Å². The normalized spacial score (nSPS) is 12.0. The van der Waals surface area contributed by atoms with E-state index in [0.29, 0.717) is 11.5 Å². The predicted molar refractivity (Wildman–Crippen MR) is 124 cm³/mol. The van der Waals surface area contributed by atoms with Gasteiger partial charge in [-0.15, -0.1) is 5.10 Å². The van der Waals surface area contributed by atoms with E-state index in [9.17, 15) is 13.2 Å². The average Bonchev–Trinajstić information content (AvgIpc) is 3.52. The first-order valence-corrected chi connectivity index (χ1v) is 11.2. The van der Waals surface area contributed by atoms with E-state index in [2.05, 4.69) is 39.6 Å². The number of aryl methyl sites for hydroxylation is 4. The standard InChI is InChI=1S/C26H25F3N4O/c27-26(28,29)23-12-8-22(9-13-23)11-15-25-31-24(19-34-25)14-10-21-6-4-20(5-7-21)3-1-2-17-33-18-16-30-32-33/h4-9,11-13,15-16,18-19H,1-3,10,14,17H2/b15-11+. The molecule has 0 saturated carbocycles. The largest absolute Gasteiger partial charge is 0.445 e. The Kier molecular flexibility index (Phi) is 7.57. The Bertz CT molecular complexity index is 1180. The van der Waals surface area contributed by atoms with Crippen molar-refractivity contribution in [3.8, 4) is 0 Å². The molecule has 2 aromatic heterocycles. The molecule has 4 aromatic rings. The van der Waals surface area contributed by atoms with Crippen molar-refractivity contribution in [2.75, 3.05) is 0 Å². The fraction of sp³-hybridized carbons (Fsp3) is 0.269. The maximum atomic E-state index is 12.6. The molecule has 8 heteroatoms. The Balaban J connectivity index is 1.21. The number of hydrogen-bond donors (Lipinski definition) is 0. The molecule has 0 fully saturated rings. The number of halogens is 3. The van der Waals surface area contributed by atoms with Gasteiger partial charge in [0.1, 0.15) is 6.26 Å². The summed E-state index contributed by atoms with van der Waals surface area (Å²) >= 11 is 0. The van der Waals surface area contributed by atoms with Gasteiger partial charge in [0.05, 0.1) is 17.5 Å². The molecule has 0 aliphatic rings. The van der Waals surface area contributed by atoms with Gasteiger partial charge in [-0.2, -0.15) is 13.2 Å². The number of hydrogen-bond acceptors (Lipinski definition) is 4. The number of unbranched alkanes of at least 4 members (excludes halogenated alkanes) is 1. The van der Waals surface area contributed by atoms with Crippen molar-refractivity contribution >= 4 is 12.2 Å². The zero-order valence-corrected chi connectivity index (χ0v) is 18.6. The summed E-state index contributed by atoms with van der Waals surface area (Å²) in [7, 11) is 0. The minimum Gasteiger partial charge on any atom is -0.445 e. The van der Waals surface area contributed by atoms with Gasteiger partial charge in [0, 0.05) is 18.8 Å². The molecular weight excluding hydrogens is 441 g/mol. The third kappa shape index (κ3) is 6.91.